The number of alkyl halides is 3. The Hall–Kier alpha value is -2.34. The molecule has 0 fully saturated rings. The van der Waals surface area contributed by atoms with Gasteiger partial charge in [0.25, 0.3) is 5.91 Å². The van der Waals surface area contributed by atoms with Crippen LogP contribution >= 0.6 is 11.3 Å². The summed E-state index contributed by atoms with van der Waals surface area (Å²) in [6.07, 6.45) is -2.29. The van der Waals surface area contributed by atoms with Gasteiger partial charge in [-0.3, -0.25) is 4.79 Å². The average Bonchev–Trinajstić information content (AvgIpc) is 3.19. The average molecular weight is 368 g/mol. The van der Waals surface area contributed by atoms with Gasteiger partial charge in [0.05, 0.1) is 5.56 Å². The van der Waals surface area contributed by atoms with Crippen molar-refractivity contribution >= 4 is 17.2 Å². The number of imidazole rings is 1. The Morgan fingerprint density at radius 2 is 2.32 bits per heavy atom. The second kappa shape index (κ2) is 6.52. The molecule has 0 spiro atoms. The molecule has 2 aromatic rings. The summed E-state index contributed by atoms with van der Waals surface area (Å²) in [5.74, 6) is 0.240. The normalized spacial score (nSPS) is 17.0. The third-order valence-electron chi connectivity index (χ3n) is 4.24. The number of fused-ring (bicyclic) bond motifs is 1. The van der Waals surface area contributed by atoms with Gasteiger partial charge in [-0.2, -0.15) is 18.4 Å². The first kappa shape index (κ1) is 17.5. The minimum absolute atomic E-state index is 0.0437. The number of thiophene rings is 1. The molecule has 1 atom stereocenters. The van der Waals surface area contributed by atoms with E-state index in [1.54, 1.807) is 18.5 Å². The smallest absolute Gasteiger partial charge is 0.341 e. The van der Waals surface area contributed by atoms with Crippen LogP contribution in [0.2, 0.25) is 0 Å². The zero-order chi connectivity index (χ0) is 18.2. The van der Waals surface area contributed by atoms with Gasteiger partial charge in [-0.05, 0) is 23.8 Å². The fraction of sp³-hybridized carbons (Fsp3) is 0.438. The molecule has 0 aliphatic carbocycles. The van der Waals surface area contributed by atoms with Crippen molar-refractivity contribution < 1.29 is 18.0 Å². The number of aryl methyl sites for hydroxylation is 1. The van der Waals surface area contributed by atoms with Gasteiger partial charge in [0, 0.05) is 32.8 Å². The number of aromatic nitrogens is 2. The molecule has 1 unspecified atom stereocenters. The van der Waals surface area contributed by atoms with Gasteiger partial charge >= 0.3 is 6.18 Å². The maximum absolute atomic E-state index is 12.8. The monoisotopic (exact) mass is 368 g/mol. The highest BCUT2D eigenvalue weighted by molar-refractivity contribution is 7.12. The molecule has 1 aliphatic rings. The van der Waals surface area contributed by atoms with E-state index in [1.165, 1.54) is 20.8 Å². The Bertz CT molecular complexity index is 833. The predicted molar refractivity (Wildman–Crippen MR) is 85.0 cm³/mol. The number of rotatable bonds is 3. The topological polar surface area (TPSA) is 61.9 Å². The van der Waals surface area contributed by atoms with Crippen LogP contribution < -0.4 is 0 Å². The number of carbonyl (C=O) groups excluding carboxylic acids is 1. The number of halogens is 3. The molecular weight excluding hydrogens is 353 g/mol. The van der Waals surface area contributed by atoms with Crippen LogP contribution in [-0.2, 0) is 19.1 Å². The molecule has 5 nitrogen and oxygen atoms in total. The van der Waals surface area contributed by atoms with Crippen LogP contribution in [0.5, 0.6) is 0 Å². The lowest BCUT2D eigenvalue weighted by atomic mass is 9.99. The molecule has 0 radical (unpaired) electrons. The second-order valence-electron chi connectivity index (χ2n) is 6.06. The molecular formula is C16H15F3N4OS. The Kier molecular flexibility index (Phi) is 4.56. The number of carbonyl (C=O) groups is 1. The van der Waals surface area contributed by atoms with Gasteiger partial charge in [0.2, 0.25) is 0 Å². The van der Waals surface area contributed by atoms with Crippen molar-refractivity contribution in [2.24, 2.45) is 5.92 Å². The van der Waals surface area contributed by atoms with Crippen LogP contribution in [0, 0.1) is 17.2 Å². The first-order chi connectivity index (χ1) is 11.8. The number of hydrogen-bond acceptors (Lipinski definition) is 4. The fourth-order valence-electron chi connectivity index (χ4n) is 3.01. The van der Waals surface area contributed by atoms with E-state index >= 15 is 0 Å². The van der Waals surface area contributed by atoms with Crippen molar-refractivity contribution in [3.8, 4) is 6.07 Å². The van der Waals surface area contributed by atoms with E-state index < -0.39 is 11.9 Å². The number of nitrogens with zero attached hydrogens (tertiary/aromatic N) is 4. The molecule has 0 saturated carbocycles. The summed E-state index contributed by atoms with van der Waals surface area (Å²) in [5.41, 5.74) is -0.526. The molecule has 25 heavy (non-hydrogen) atoms. The summed E-state index contributed by atoms with van der Waals surface area (Å²) in [7, 11) is 1.65. The summed E-state index contributed by atoms with van der Waals surface area (Å²) in [6.45, 7) is 0.812. The van der Waals surface area contributed by atoms with Crippen molar-refractivity contribution in [3.63, 3.8) is 0 Å². The highest BCUT2D eigenvalue weighted by Gasteiger charge is 2.36. The minimum atomic E-state index is -4.44. The van der Waals surface area contributed by atoms with E-state index in [9.17, 15) is 18.0 Å². The SMILES string of the molecule is CN(CC1CCc2nc(C(F)(F)F)cn2C1)C(=O)c1sccc1C#N. The van der Waals surface area contributed by atoms with E-state index in [1.807, 2.05) is 6.07 Å². The number of hydrogen-bond donors (Lipinski definition) is 0. The lowest BCUT2D eigenvalue weighted by molar-refractivity contribution is -0.141. The highest BCUT2D eigenvalue weighted by atomic mass is 32.1. The summed E-state index contributed by atoms with van der Waals surface area (Å²) in [6, 6.07) is 3.59. The lowest BCUT2D eigenvalue weighted by Crippen LogP contribution is -2.35. The molecule has 1 aliphatic heterocycles. The summed E-state index contributed by atoms with van der Waals surface area (Å²) < 4.78 is 39.8. The fourth-order valence-corrected chi connectivity index (χ4v) is 3.84. The van der Waals surface area contributed by atoms with Crippen molar-refractivity contribution in [2.75, 3.05) is 13.6 Å². The molecule has 0 bridgehead atoms. The lowest BCUT2D eigenvalue weighted by Gasteiger charge is -2.28. The Balaban J connectivity index is 1.68. The summed E-state index contributed by atoms with van der Waals surface area (Å²) in [4.78, 5) is 18.0. The standard InChI is InChI=1S/C16H15F3N4OS/c1-22(15(24)14-11(6-20)4-5-25-14)7-10-2-3-13-21-12(16(17,18)19)9-23(13)8-10/h4-5,9-10H,2-3,7-8H2,1H3. The Labute approximate surface area is 146 Å². The molecule has 132 valence electrons. The first-order valence-corrected chi connectivity index (χ1v) is 8.54. The van der Waals surface area contributed by atoms with Crippen LogP contribution in [0.3, 0.4) is 0 Å². The van der Waals surface area contributed by atoms with E-state index in [0.29, 0.717) is 42.2 Å². The van der Waals surface area contributed by atoms with Crippen LogP contribution in [0.15, 0.2) is 17.6 Å². The third kappa shape index (κ3) is 3.54. The van der Waals surface area contributed by atoms with Crippen LogP contribution in [0.1, 0.15) is 33.2 Å². The van der Waals surface area contributed by atoms with Crippen molar-refractivity contribution in [1.29, 1.82) is 5.26 Å². The largest absolute Gasteiger partial charge is 0.434 e. The van der Waals surface area contributed by atoms with Gasteiger partial charge in [0.15, 0.2) is 5.69 Å². The van der Waals surface area contributed by atoms with Crippen LogP contribution in [0.25, 0.3) is 0 Å². The van der Waals surface area contributed by atoms with Gasteiger partial charge in [-0.15, -0.1) is 11.3 Å². The molecule has 9 heteroatoms. The maximum atomic E-state index is 12.8. The quantitative estimate of drug-likeness (QED) is 0.836. The van der Waals surface area contributed by atoms with Gasteiger partial charge in [-0.1, -0.05) is 0 Å². The van der Waals surface area contributed by atoms with E-state index in [0.717, 1.165) is 6.20 Å². The molecule has 0 saturated heterocycles. The van der Waals surface area contributed by atoms with Crippen molar-refractivity contribution in [1.82, 2.24) is 14.5 Å². The molecule has 3 heterocycles. The molecule has 1 amide bonds. The third-order valence-corrected chi connectivity index (χ3v) is 5.14. The van der Waals surface area contributed by atoms with E-state index in [-0.39, 0.29) is 11.8 Å². The predicted octanol–water partition coefficient (Wildman–Crippen LogP) is 3.17. The molecule has 2 aromatic heterocycles. The van der Waals surface area contributed by atoms with Crippen LogP contribution in [-0.4, -0.2) is 34.0 Å². The summed E-state index contributed by atoms with van der Waals surface area (Å²) in [5, 5.41) is 10.7. The maximum Gasteiger partial charge on any atom is 0.434 e. The van der Waals surface area contributed by atoms with Crippen molar-refractivity contribution in [2.45, 2.75) is 25.6 Å². The molecule has 3 rings (SSSR count). The van der Waals surface area contributed by atoms with E-state index in [4.69, 9.17) is 5.26 Å². The zero-order valence-electron chi connectivity index (χ0n) is 13.4. The minimum Gasteiger partial charge on any atom is -0.341 e. The first-order valence-electron chi connectivity index (χ1n) is 7.66. The Morgan fingerprint density at radius 1 is 1.56 bits per heavy atom. The number of nitriles is 1. The van der Waals surface area contributed by atoms with Crippen molar-refractivity contribution in [3.05, 3.63) is 39.6 Å². The van der Waals surface area contributed by atoms with Gasteiger partial charge in [-0.25, -0.2) is 4.98 Å². The Morgan fingerprint density at radius 3 is 3.00 bits per heavy atom. The van der Waals surface area contributed by atoms with Gasteiger partial charge in [0.1, 0.15) is 16.8 Å². The molecule has 0 aromatic carbocycles. The summed E-state index contributed by atoms with van der Waals surface area (Å²) >= 11 is 1.21. The van der Waals surface area contributed by atoms with E-state index in [2.05, 4.69) is 4.98 Å². The zero-order valence-corrected chi connectivity index (χ0v) is 14.2. The highest BCUT2D eigenvalue weighted by Crippen LogP contribution is 2.31. The second-order valence-corrected chi connectivity index (χ2v) is 6.97. The number of amides is 1. The van der Waals surface area contributed by atoms with Gasteiger partial charge < -0.3 is 9.47 Å². The van der Waals surface area contributed by atoms with Crippen LogP contribution in [0.4, 0.5) is 13.2 Å². The molecule has 0 N–H and O–H groups in total.